The summed E-state index contributed by atoms with van der Waals surface area (Å²) in [5.41, 5.74) is 2.36. The van der Waals surface area contributed by atoms with E-state index in [1.807, 2.05) is 31.2 Å². The highest BCUT2D eigenvalue weighted by Gasteiger charge is 2.32. The largest absolute Gasteiger partial charge is 0.342 e. The lowest BCUT2D eigenvalue weighted by atomic mass is 10.0. The van der Waals surface area contributed by atoms with Crippen molar-refractivity contribution in [2.75, 3.05) is 18.6 Å². The van der Waals surface area contributed by atoms with Gasteiger partial charge in [0.15, 0.2) is 9.84 Å². The fourth-order valence-electron chi connectivity index (χ4n) is 2.59. The molecule has 2 rings (SSSR count). The van der Waals surface area contributed by atoms with Crippen LogP contribution in [-0.4, -0.2) is 43.8 Å². The Morgan fingerprint density at radius 2 is 2.05 bits per heavy atom. The SMILES string of the molecule is Cc1ccccc1CCC(=O)N(C)C1CCS(=O)(=O)C1. The van der Waals surface area contributed by atoms with Crippen LogP contribution in [0.25, 0.3) is 0 Å². The van der Waals surface area contributed by atoms with Crippen molar-refractivity contribution in [2.24, 2.45) is 0 Å². The monoisotopic (exact) mass is 295 g/mol. The molecule has 20 heavy (non-hydrogen) atoms. The Morgan fingerprint density at radius 3 is 2.65 bits per heavy atom. The first-order chi connectivity index (χ1) is 9.39. The number of sulfone groups is 1. The van der Waals surface area contributed by atoms with Crippen LogP contribution in [-0.2, 0) is 21.1 Å². The van der Waals surface area contributed by atoms with Gasteiger partial charge in [0.05, 0.1) is 11.5 Å². The second-order valence-electron chi connectivity index (χ2n) is 5.49. The highest BCUT2D eigenvalue weighted by molar-refractivity contribution is 7.91. The Bertz CT molecular complexity index is 595. The Balaban J connectivity index is 1.91. The van der Waals surface area contributed by atoms with Gasteiger partial charge in [0, 0.05) is 19.5 Å². The van der Waals surface area contributed by atoms with Crippen LogP contribution in [0, 0.1) is 6.92 Å². The van der Waals surface area contributed by atoms with E-state index >= 15 is 0 Å². The summed E-state index contributed by atoms with van der Waals surface area (Å²) in [5, 5.41) is 0. The van der Waals surface area contributed by atoms with Crippen LogP contribution in [0.4, 0.5) is 0 Å². The summed E-state index contributed by atoms with van der Waals surface area (Å²) in [6.07, 6.45) is 1.70. The van der Waals surface area contributed by atoms with Crippen molar-refractivity contribution in [2.45, 2.75) is 32.2 Å². The molecule has 0 aromatic heterocycles. The molecule has 0 bridgehead atoms. The summed E-state index contributed by atoms with van der Waals surface area (Å²) in [6.45, 7) is 2.03. The number of hydrogen-bond acceptors (Lipinski definition) is 3. The molecule has 0 saturated carbocycles. The summed E-state index contributed by atoms with van der Waals surface area (Å²) in [7, 11) is -1.23. The van der Waals surface area contributed by atoms with Gasteiger partial charge in [-0.05, 0) is 30.9 Å². The van der Waals surface area contributed by atoms with Gasteiger partial charge in [-0.25, -0.2) is 8.42 Å². The quantitative estimate of drug-likeness (QED) is 0.847. The molecular formula is C15H21NO3S. The molecule has 1 atom stereocenters. The molecule has 0 spiro atoms. The number of benzene rings is 1. The van der Waals surface area contributed by atoms with Crippen molar-refractivity contribution < 1.29 is 13.2 Å². The van der Waals surface area contributed by atoms with E-state index < -0.39 is 9.84 Å². The van der Waals surface area contributed by atoms with Crippen molar-refractivity contribution in [3.8, 4) is 0 Å². The van der Waals surface area contributed by atoms with E-state index in [4.69, 9.17) is 0 Å². The third kappa shape index (κ3) is 3.60. The molecule has 1 amide bonds. The molecule has 1 aliphatic heterocycles. The Labute approximate surface area is 120 Å². The zero-order valence-electron chi connectivity index (χ0n) is 12.0. The Hall–Kier alpha value is -1.36. The summed E-state index contributed by atoms with van der Waals surface area (Å²) in [6, 6.07) is 7.87. The van der Waals surface area contributed by atoms with Crippen molar-refractivity contribution in [3.05, 3.63) is 35.4 Å². The highest BCUT2D eigenvalue weighted by Crippen LogP contribution is 2.18. The van der Waals surface area contributed by atoms with Gasteiger partial charge in [-0.2, -0.15) is 0 Å². The van der Waals surface area contributed by atoms with Crippen molar-refractivity contribution >= 4 is 15.7 Å². The summed E-state index contributed by atoms with van der Waals surface area (Å²) in [4.78, 5) is 13.8. The highest BCUT2D eigenvalue weighted by atomic mass is 32.2. The molecule has 110 valence electrons. The fourth-order valence-corrected chi connectivity index (χ4v) is 4.37. The molecule has 1 aromatic carbocycles. The van der Waals surface area contributed by atoms with Gasteiger partial charge in [0.1, 0.15) is 0 Å². The number of amides is 1. The summed E-state index contributed by atoms with van der Waals surface area (Å²) >= 11 is 0. The predicted molar refractivity (Wildman–Crippen MR) is 79.3 cm³/mol. The molecule has 5 heteroatoms. The minimum Gasteiger partial charge on any atom is -0.342 e. The standard InChI is InChI=1S/C15H21NO3S/c1-12-5-3-4-6-13(12)7-8-15(17)16(2)14-9-10-20(18,19)11-14/h3-6,14H,7-11H2,1-2H3. The normalized spacial score (nSPS) is 20.8. The molecule has 0 aliphatic carbocycles. The first kappa shape index (κ1) is 15.0. The van der Waals surface area contributed by atoms with E-state index in [1.165, 1.54) is 11.1 Å². The van der Waals surface area contributed by atoms with Crippen molar-refractivity contribution in [1.82, 2.24) is 4.90 Å². The second-order valence-corrected chi connectivity index (χ2v) is 7.72. The molecular weight excluding hydrogens is 274 g/mol. The first-order valence-corrected chi connectivity index (χ1v) is 8.72. The van der Waals surface area contributed by atoms with E-state index in [1.54, 1.807) is 11.9 Å². The average molecular weight is 295 g/mol. The smallest absolute Gasteiger partial charge is 0.222 e. The minimum absolute atomic E-state index is 0.0235. The molecule has 0 N–H and O–H groups in total. The summed E-state index contributed by atoms with van der Waals surface area (Å²) in [5.74, 6) is 0.336. The molecule has 0 radical (unpaired) electrons. The summed E-state index contributed by atoms with van der Waals surface area (Å²) < 4.78 is 22.9. The van der Waals surface area contributed by atoms with Crippen LogP contribution < -0.4 is 0 Å². The topological polar surface area (TPSA) is 54.5 Å². The lowest BCUT2D eigenvalue weighted by Gasteiger charge is -2.23. The van der Waals surface area contributed by atoms with Crippen molar-refractivity contribution in [1.29, 1.82) is 0 Å². The first-order valence-electron chi connectivity index (χ1n) is 6.89. The van der Waals surface area contributed by atoms with Crippen LogP contribution in [0.1, 0.15) is 24.0 Å². The van der Waals surface area contributed by atoms with Crippen LogP contribution >= 0.6 is 0 Å². The van der Waals surface area contributed by atoms with E-state index in [9.17, 15) is 13.2 Å². The lowest BCUT2D eigenvalue weighted by Crippen LogP contribution is -2.37. The van der Waals surface area contributed by atoms with E-state index in [0.717, 1.165) is 0 Å². The van der Waals surface area contributed by atoms with E-state index in [0.29, 0.717) is 19.3 Å². The van der Waals surface area contributed by atoms with E-state index in [2.05, 4.69) is 0 Å². The zero-order chi connectivity index (χ0) is 14.8. The third-order valence-corrected chi connectivity index (χ3v) is 5.77. The van der Waals surface area contributed by atoms with Crippen LogP contribution in [0.5, 0.6) is 0 Å². The number of aryl methyl sites for hydroxylation is 2. The van der Waals surface area contributed by atoms with Gasteiger partial charge in [0.25, 0.3) is 0 Å². The molecule has 1 heterocycles. The maximum atomic E-state index is 12.2. The molecule has 1 aromatic rings. The van der Waals surface area contributed by atoms with Gasteiger partial charge in [-0.3, -0.25) is 4.79 Å². The van der Waals surface area contributed by atoms with E-state index in [-0.39, 0.29) is 23.5 Å². The average Bonchev–Trinajstić information content (AvgIpc) is 2.77. The zero-order valence-corrected chi connectivity index (χ0v) is 12.8. The predicted octanol–water partition coefficient (Wildman–Crippen LogP) is 1.57. The molecule has 1 unspecified atom stereocenters. The second kappa shape index (κ2) is 5.95. The number of nitrogens with zero attached hydrogens (tertiary/aromatic N) is 1. The maximum Gasteiger partial charge on any atom is 0.222 e. The maximum absolute atomic E-state index is 12.2. The van der Waals surface area contributed by atoms with Crippen LogP contribution in [0.3, 0.4) is 0 Å². The number of rotatable bonds is 4. The fraction of sp³-hybridized carbons (Fsp3) is 0.533. The molecule has 1 fully saturated rings. The van der Waals surface area contributed by atoms with Gasteiger partial charge in [0.2, 0.25) is 5.91 Å². The van der Waals surface area contributed by atoms with Gasteiger partial charge < -0.3 is 4.90 Å². The number of hydrogen-bond donors (Lipinski definition) is 0. The van der Waals surface area contributed by atoms with Gasteiger partial charge in [-0.1, -0.05) is 24.3 Å². The molecule has 4 nitrogen and oxygen atoms in total. The van der Waals surface area contributed by atoms with Gasteiger partial charge in [-0.15, -0.1) is 0 Å². The van der Waals surface area contributed by atoms with Crippen LogP contribution in [0.15, 0.2) is 24.3 Å². The minimum atomic E-state index is -2.94. The number of carbonyl (C=O) groups is 1. The Morgan fingerprint density at radius 1 is 1.35 bits per heavy atom. The Kier molecular flexibility index (Phi) is 4.48. The van der Waals surface area contributed by atoms with Gasteiger partial charge >= 0.3 is 0 Å². The lowest BCUT2D eigenvalue weighted by molar-refractivity contribution is -0.131. The molecule has 1 aliphatic rings. The number of carbonyl (C=O) groups excluding carboxylic acids is 1. The third-order valence-electron chi connectivity index (χ3n) is 4.02. The van der Waals surface area contributed by atoms with Crippen LogP contribution in [0.2, 0.25) is 0 Å². The molecule has 1 saturated heterocycles. The van der Waals surface area contributed by atoms with Crippen molar-refractivity contribution in [3.63, 3.8) is 0 Å².